The lowest BCUT2D eigenvalue weighted by atomic mass is 10.4. The van der Waals surface area contributed by atoms with Crippen LogP contribution in [0, 0.1) is 0 Å². The molecule has 0 fully saturated rings. The monoisotopic (exact) mass is 135 g/mol. The molecule has 0 aromatic carbocycles. The molecule has 0 radical (unpaired) electrons. The lowest BCUT2D eigenvalue weighted by molar-refractivity contribution is 0.232. The lowest BCUT2D eigenvalue weighted by Crippen LogP contribution is -2.12. The quantitative estimate of drug-likeness (QED) is 0.336. The first kappa shape index (κ1) is 7.63. The Labute approximate surface area is 52.0 Å². The van der Waals surface area contributed by atoms with Crippen molar-refractivity contribution in [3.8, 4) is 0 Å². The molecule has 0 saturated heterocycles. The number of hydrogen-bond donors (Lipinski definition) is 1. The normalized spacial score (nSPS) is 16.4. The smallest absolute Gasteiger partial charge is 0.235 e. The number of aliphatic hydroxyl groups is 1. The highest BCUT2D eigenvalue weighted by molar-refractivity contribution is 6.19. The second kappa shape index (κ2) is 3.61. The third-order valence-electron chi connectivity index (χ3n) is 0.654. The summed E-state index contributed by atoms with van der Waals surface area (Å²) in [7, 11) is 0. The average Bonchev–Trinajstić information content (AvgIpc) is 1.67. The first-order valence-electron chi connectivity index (χ1n) is 2.07. The molecule has 8 heavy (non-hydrogen) atoms. The summed E-state index contributed by atoms with van der Waals surface area (Å²) in [6.45, 7) is 1.52. The molecule has 0 aromatic heterocycles. The fraction of sp³-hybridized carbons (Fsp3) is 0.750. The van der Waals surface area contributed by atoms with Gasteiger partial charge in [-0.25, -0.2) is 4.79 Å². The minimum Gasteiger partial charge on any atom is -0.375 e. The molecule has 4 heteroatoms. The summed E-state index contributed by atoms with van der Waals surface area (Å²) in [5.74, 6) is 0. The van der Waals surface area contributed by atoms with E-state index >= 15 is 0 Å². The third-order valence-corrected chi connectivity index (χ3v) is 1.02. The van der Waals surface area contributed by atoms with E-state index in [9.17, 15) is 4.79 Å². The number of carbonyl (C=O) groups excluding carboxylic acids is 1. The van der Waals surface area contributed by atoms with Crippen LogP contribution in [-0.2, 0) is 4.79 Å². The third kappa shape index (κ3) is 2.75. The summed E-state index contributed by atoms with van der Waals surface area (Å²) in [5, 5.41) is 8.44. The Morgan fingerprint density at radius 3 is 2.50 bits per heavy atom. The van der Waals surface area contributed by atoms with Gasteiger partial charge >= 0.3 is 0 Å². The fourth-order valence-corrected chi connectivity index (χ4v) is 0.201. The SMILES string of the molecule is C[C@H](N=C=O)C(O)Cl. The predicted molar refractivity (Wildman–Crippen MR) is 29.4 cm³/mol. The van der Waals surface area contributed by atoms with Crippen LogP contribution in [0.5, 0.6) is 0 Å². The second-order valence-electron chi connectivity index (χ2n) is 1.33. The molecule has 46 valence electrons. The maximum absolute atomic E-state index is 9.46. The van der Waals surface area contributed by atoms with Gasteiger partial charge in [0, 0.05) is 0 Å². The van der Waals surface area contributed by atoms with Gasteiger partial charge in [-0.1, -0.05) is 11.6 Å². The highest BCUT2D eigenvalue weighted by Gasteiger charge is 2.06. The van der Waals surface area contributed by atoms with Crippen molar-refractivity contribution >= 4 is 17.7 Å². The van der Waals surface area contributed by atoms with Crippen LogP contribution in [0.15, 0.2) is 4.99 Å². The van der Waals surface area contributed by atoms with Crippen LogP contribution in [0.2, 0.25) is 0 Å². The maximum atomic E-state index is 9.46. The summed E-state index contributed by atoms with van der Waals surface area (Å²) in [4.78, 5) is 12.6. The summed E-state index contributed by atoms with van der Waals surface area (Å²) in [6, 6.07) is -0.561. The fourth-order valence-electron chi connectivity index (χ4n) is 0.145. The molecule has 0 rings (SSSR count). The van der Waals surface area contributed by atoms with Gasteiger partial charge < -0.3 is 5.11 Å². The number of hydrogen-bond acceptors (Lipinski definition) is 3. The highest BCUT2D eigenvalue weighted by Crippen LogP contribution is 1.99. The zero-order valence-electron chi connectivity index (χ0n) is 4.34. The number of alkyl halides is 1. The standard InChI is InChI=1S/C4H6ClNO2/c1-3(4(5)8)6-2-7/h3-4,8H,1H3/t3-,4?/m0/s1. The predicted octanol–water partition coefficient (Wildman–Crippen LogP) is 0.268. The number of aliphatic hydroxyl groups excluding tert-OH is 1. The zero-order chi connectivity index (χ0) is 6.57. The summed E-state index contributed by atoms with van der Waals surface area (Å²) in [5.41, 5.74) is -1.09. The van der Waals surface area contributed by atoms with E-state index in [1.54, 1.807) is 0 Å². The van der Waals surface area contributed by atoms with Crippen LogP contribution in [0.3, 0.4) is 0 Å². The van der Waals surface area contributed by atoms with Crippen LogP contribution in [0.1, 0.15) is 6.92 Å². The zero-order valence-corrected chi connectivity index (χ0v) is 5.09. The molecule has 0 aliphatic heterocycles. The minimum absolute atomic E-state index is 0.561. The van der Waals surface area contributed by atoms with Crippen molar-refractivity contribution in [2.75, 3.05) is 0 Å². The lowest BCUT2D eigenvalue weighted by Gasteiger charge is -2.01. The first-order chi connectivity index (χ1) is 3.68. The molecule has 1 N–H and O–H groups in total. The van der Waals surface area contributed by atoms with Crippen LogP contribution in [0.25, 0.3) is 0 Å². The van der Waals surface area contributed by atoms with Gasteiger partial charge in [-0.2, -0.15) is 4.99 Å². The van der Waals surface area contributed by atoms with Crippen molar-refractivity contribution in [3.63, 3.8) is 0 Å². The highest BCUT2D eigenvalue weighted by atomic mass is 35.5. The topological polar surface area (TPSA) is 49.7 Å². The molecule has 0 saturated carbocycles. The van der Waals surface area contributed by atoms with Crippen LogP contribution >= 0.6 is 11.6 Å². The van der Waals surface area contributed by atoms with Gasteiger partial charge in [-0.15, -0.1) is 0 Å². The molecule has 3 nitrogen and oxygen atoms in total. The average molecular weight is 136 g/mol. The van der Waals surface area contributed by atoms with Crippen molar-refractivity contribution in [2.45, 2.75) is 18.5 Å². The minimum atomic E-state index is -1.09. The van der Waals surface area contributed by atoms with E-state index in [-0.39, 0.29) is 0 Å². The number of nitrogens with zero attached hydrogens (tertiary/aromatic N) is 1. The van der Waals surface area contributed by atoms with E-state index in [2.05, 4.69) is 4.99 Å². The number of halogens is 1. The second-order valence-corrected chi connectivity index (χ2v) is 1.78. The summed E-state index contributed by atoms with van der Waals surface area (Å²) < 4.78 is 0. The summed E-state index contributed by atoms with van der Waals surface area (Å²) >= 11 is 5.09. The molecule has 0 bridgehead atoms. The molecule has 0 amide bonds. The molecule has 0 aromatic rings. The number of isocyanates is 1. The van der Waals surface area contributed by atoms with E-state index in [1.165, 1.54) is 13.0 Å². The van der Waals surface area contributed by atoms with Gasteiger partial charge in [0.05, 0.1) is 6.04 Å². The Bertz CT molecular complexity index is 109. The molecular weight excluding hydrogens is 130 g/mol. The Morgan fingerprint density at radius 2 is 2.38 bits per heavy atom. The molecule has 0 heterocycles. The van der Waals surface area contributed by atoms with Crippen molar-refractivity contribution in [3.05, 3.63) is 0 Å². The number of rotatable bonds is 2. The number of aliphatic imine (C=N–C) groups is 1. The van der Waals surface area contributed by atoms with Crippen molar-refractivity contribution in [2.24, 2.45) is 4.99 Å². The molecule has 0 aliphatic rings. The van der Waals surface area contributed by atoms with E-state index in [0.29, 0.717) is 0 Å². The molecule has 1 unspecified atom stereocenters. The van der Waals surface area contributed by atoms with E-state index in [4.69, 9.17) is 16.7 Å². The van der Waals surface area contributed by atoms with E-state index < -0.39 is 11.6 Å². The van der Waals surface area contributed by atoms with E-state index in [0.717, 1.165) is 0 Å². The van der Waals surface area contributed by atoms with Gasteiger partial charge in [0.25, 0.3) is 0 Å². The largest absolute Gasteiger partial charge is 0.375 e. The van der Waals surface area contributed by atoms with Crippen LogP contribution in [-0.4, -0.2) is 22.8 Å². The van der Waals surface area contributed by atoms with Crippen molar-refractivity contribution in [1.82, 2.24) is 0 Å². The van der Waals surface area contributed by atoms with Gasteiger partial charge in [0.15, 0.2) is 5.56 Å². The van der Waals surface area contributed by atoms with Gasteiger partial charge in [0.2, 0.25) is 6.08 Å². The Hall–Kier alpha value is -0.370. The van der Waals surface area contributed by atoms with Crippen LogP contribution in [0.4, 0.5) is 0 Å². The van der Waals surface area contributed by atoms with Gasteiger partial charge in [0.1, 0.15) is 0 Å². The Kier molecular flexibility index (Phi) is 3.44. The van der Waals surface area contributed by atoms with Crippen molar-refractivity contribution in [1.29, 1.82) is 0 Å². The molecular formula is C4H6ClNO2. The molecule has 0 aliphatic carbocycles. The van der Waals surface area contributed by atoms with Gasteiger partial charge in [-0.3, -0.25) is 0 Å². The summed E-state index contributed by atoms with van der Waals surface area (Å²) in [6.07, 6.45) is 1.28. The molecule has 0 spiro atoms. The maximum Gasteiger partial charge on any atom is 0.235 e. The Balaban J connectivity index is 3.63. The van der Waals surface area contributed by atoms with Gasteiger partial charge in [-0.05, 0) is 6.92 Å². The van der Waals surface area contributed by atoms with E-state index in [1.807, 2.05) is 0 Å². The first-order valence-corrected chi connectivity index (χ1v) is 2.51. The van der Waals surface area contributed by atoms with Crippen LogP contribution < -0.4 is 0 Å². The molecule has 2 atom stereocenters. The van der Waals surface area contributed by atoms with Crippen molar-refractivity contribution < 1.29 is 9.90 Å². The Morgan fingerprint density at radius 1 is 1.88 bits per heavy atom.